The number of nitrogens with zero attached hydrogens (tertiary/aromatic N) is 3. The van der Waals surface area contributed by atoms with Gasteiger partial charge in [-0.1, -0.05) is 44.4 Å². The van der Waals surface area contributed by atoms with Crippen molar-refractivity contribution in [3.63, 3.8) is 0 Å². The van der Waals surface area contributed by atoms with E-state index in [4.69, 9.17) is 4.42 Å². The number of hydrogen-bond acceptors (Lipinski definition) is 4. The highest BCUT2D eigenvalue weighted by Gasteiger charge is 2.19. The van der Waals surface area contributed by atoms with E-state index in [-0.39, 0.29) is 5.91 Å². The molecule has 26 heavy (non-hydrogen) atoms. The Morgan fingerprint density at radius 1 is 1.23 bits per heavy atom. The first-order valence-electron chi connectivity index (χ1n) is 9.44. The van der Waals surface area contributed by atoms with Gasteiger partial charge in [0.2, 0.25) is 17.7 Å². The largest absolute Gasteiger partial charge is 0.421 e. The fourth-order valence-corrected chi connectivity index (χ4v) is 3.73. The molecule has 136 valence electrons. The van der Waals surface area contributed by atoms with Crippen molar-refractivity contribution in [2.75, 3.05) is 0 Å². The summed E-state index contributed by atoms with van der Waals surface area (Å²) in [6, 6.07) is 8.32. The minimum Gasteiger partial charge on any atom is -0.421 e. The van der Waals surface area contributed by atoms with Gasteiger partial charge in [0.05, 0.1) is 5.56 Å². The second-order valence-corrected chi connectivity index (χ2v) is 6.94. The highest BCUT2D eigenvalue weighted by Crippen LogP contribution is 2.30. The molecule has 4 rings (SSSR count). The number of nitrogens with one attached hydrogen (secondary N) is 1. The van der Waals surface area contributed by atoms with E-state index >= 15 is 0 Å². The van der Waals surface area contributed by atoms with Crippen molar-refractivity contribution in [3.05, 3.63) is 36.4 Å². The Labute approximate surface area is 152 Å². The number of amides is 1. The molecule has 1 N–H and O–H groups in total. The number of rotatable bonds is 5. The van der Waals surface area contributed by atoms with Gasteiger partial charge in [-0.15, -0.1) is 10.2 Å². The lowest BCUT2D eigenvalue weighted by Gasteiger charge is -2.22. The molecule has 6 heteroatoms. The van der Waals surface area contributed by atoms with Crippen LogP contribution in [0.4, 0.5) is 0 Å². The maximum absolute atomic E-state index is 12.5. The second-order valence-electron chi connectivity index (χ2n) is 6.94. The van der Waals surface area contributed by atoms with Crippen molar-refractivity contribution in [1.29, 1.82) is 0 Å². The molecule has 0 spiro atoms. The monoisotopic (exact) mass is 352 g/mol. The van der Waals surface area contributed by atoms with Crippen LogP contribution in [0.1, 0.15) is 44.9 Å². The molecule has 1 aliphatic carbocycles. The summed E-state index contributed by atoms with van der Waals surface area (Å²) in [6.07, 6.45) is 8.52. The lowest BCUT2D eigenvalue weighted by molar-refractivity contribution is -0.122. The Morgan fingerprint density at radius 3 is 2.81 bits per heavy atom. The number of benzene rings is 1. The second kappa shape index (κ2) is 7.32. The van der Waals surface area contributed by atoms with E-state index in [1.807, 2.05) is 42.0 Å². The summed E-state index contributed by atoms with van der Waals surface area (Å²) in [5, 5.41) is 12.4. The molecule has 3 aromatic rings. The Morgan fingerprint density at radius 2 is 2.04 bits per heavy atom. The lowest BCUT2D eigenvalue weighted by Crippen LogP contribution is -2.38. The Balaban J connectivity index is 1.59. The first kappa shape index (κ1) is 16.8. The van der Waals surface area contributed by atoms with E-state index in [2.05, 4.69) is 15.5 Å². The van der Waals surface area contributed by atoms with Gasteiger partial charge in [-0.05, 0) is 18.9 Å². The highest BCUT2D eigenvalue weighted by molar-refractivity contribution is 5.94. The predicted octanol–water partition coefficient (Wildman–Crippen LogP) is 3.70. The van der Waals surface area contributed by atoms with Gasteiger partial charge in [0.25, 0.3) is 0 Å². The third-order valence-electron chi connectivity index (χ3n) is 5.07. The third-order valence-corrected chi connectivity index (χ3v) is 5.07. The zero-order chi connectivity index (χ0) is 17.9. The molecule has 0 unspecified atom stereocenters. The van der Waals surface area contributed by atoms with Crippen LogP contribution in [0.3, 0.4) is 0 Å². The molecule has 1 fully saturated rings. The summed E-state index contributed by atoms with van der Waals surface area (Å²) in [7, 11) is 0. The van der Waals surface area contributed by atoms with Crippen LogP contribution >= 0.6 is 0 Å². The number of aromatic nitrogens is 3. The summed E-state index contributed by atoms with van der Waals surface area (Å²) in [4.78, 5) is 12.5. The number of hydrogen-bond donors (Lipinski definition) is 1. The van der Waals surface area contributed by atoms with Crippen molar-refractivity contribution in [2.24, 2.45) is 0 Å². The van der Waals surface area contributed by atoms with Gasteiger partial charge < -0.3 is 14.3 Å². The van der Waals surface area contributed by atoms with Gasteiger partial charge in [-0.25, -0.2) is 0 Å². The Kier molecular flexibility index (Phi) is 4.73. The minimum absolute atomic E-state index is 0.0592. The molecule has 0 bridgehead atoms. The molecule has 0 atom stereocenters. The quantitative estimate of drug-likeness (QED) is 0.760. The maximum Gasteiger partial charge on any atom is 0.249 e. The molecule has 6 nitrogen and oxygen atoms in total. The fraction of sp³-hybridized carbons (Fsp3) is 0.450. The summed E-state index contributed by atoms with van der Waals surface area (Å²) in [5.74, 6) is 1.18. The normalized spacial score (nSPS) is 15.4. The van der Waals surface area contributed by atoms with E-state index in [0.717, 1.165) is 29.3 Å². The molecule has 2 aromatic heterocycles. The van der Waals surface area contributed by atoms with Gasteiger partial charge in [-0.3, -0.25) is 4.79 Å². The van der Waals surface area contributed by atoms with E-state index < -0.39 is 0 Å². The highest BCUT2D eigenvalue weighted by atomic mass is 16.4. The van der Waals surface area contributed by atoms with Gasteiger partial charge >= 0.3 is 0 Å². The molecule has 1 amide bonds. The van der Waals surface area contributed by atoms with Crippen LogP contribution in [0.5, 0.6) is 0 Å². The van der Waals surface area contributed by atoms with Crippen molar-refractivity contribution < 1.29 is 9.21 Å². The van der Waals surface area contributed by atoms with Crippen molar-refractivity contribution >= 4 is 16.8 Å². The van der Waals surface area contributed by atoms with Crippen LogP contribution in [0.25, 0.3) is 22.4 Å². The Hall–Kier alpha value is -2.63. The molecule has 1 aromatic carbocycles. The maximum atomic E-state index is 12.5. The lowest BCUT2D eigenvalue weighted by atomic mass is 9.95. The van der Waals surface area contributed by atoms with Crippen LogP contribution < -0.4 is 5.32 Å². The van der Waals surface area contributed by atoms with Crippen LogP contribution in [-0.4, -0.2) is 26.7 Å². The smallest absolute Gasteiger partial charge is 0.249 e. The molecular weight excluding hydrogens is 328 g/mol. The van der Waals surface area contributed by atoms with Crippen LogP contribution in [0, 0.1) is 0 Å². The van der Waals surface area contributed by atoms with E-state index in [1.165, 1.54) is 19.3 Å². The number of aryl methyl sites for hydroxylation is 1. The van der Waals surface area contributed by atoms with Crippen molar-refractivity contribution in [3.8, 4) is 11.5 Å². The van der Waals surface area contributed by atoms with E-state index in [1.54, 1.807) is 0 Å². The van der Waals surface area contributed by atoms with E-state index in [9.17, 15) is 4.79 Å². The predicted molar refractivity (Wildman–Crippen MR) is 99.6 cm³/mol. The topological polar surface area (TPSA) is 73.0 Å². The van der Waals surface area contributed by atoms with Gasteiger partial charge in [0.15, 0.2) is 0 Å². The van der Waals surface area contributed by atoms with E-state index in [0.29, 0.717) is 30.8 Å². The minimum atomic E-state index is 0.0592. The molecule has 1 saturated carbocycles. The summed E-state index contributed by atoms with van der Waals surface area (Å²) >= 11 is 0. The van der Waals surface area contributed by atoms with Crippen molar-refractivity contribution in [2.45, 2.75) is 58.0 Å². The third kappa shape index (κ3) is 3.36. The fourth-order valence-electron chi connectivity index (χ4n) is 3.73. The first-order chi connectivity index (χ1) is 12.7. The molecule has 2 heterocycles. The van der Waals surface area contributed by atoms with Crippen LogP contribution in [-0.2, 0) is 17.8 Å². The summed E-state index contributed by atoms with van der Waals surface area (Å²) in [5.41, 5.74) is 1.87. The number of carbonyl (C=O) groups excluding carboxylic acids is 1. The zero-order valence-corrected chi connectivity index (χ0v) is 15.1. The molecular formula is C20H24N4O2. The average molecular weight is 352 g/mol. The molecule has 0 aliphatic heterocycles. The van der Waals surface area contributed by atoms with Crippen LogP contribution in [0.15, 0.2) is 34.9 Å². The molecule has 1 aliphatic rings. The summed E-state index contributed by atoms with van der Waals surface area (Å²) < 4.78 is 7.70. The first-order valence-corrected chi connectivity index (χ1v) is 9.44. The number of carbonyl (C=O) groups is 1. The Bertz CT molecular complexity index is 906. The average Bonchev–Trinajstić information content (AvgIpc) is 3.27. The number of para-hydroxylation sites is 1. The van der Waals surface area contributed by atoms with Crippen molar-refractivity contribution in [1.82, 2.24) is 20.1 Å². The van der Waals surface area contributed by atoms with Gasteiger partial charge in [0.1, 0.15) is 6.54 Å². The molecule has 0 radical (unpaired) electrons. The van der Waals surface area contributed by atoms with Gasteiger partial charge in [0, 0.05) is 29.6 Å². The van der Waals surface area contributed by atoms with Crippen LogP contribution in [0.2, 0.25) is 0 Å². The molecule has 0 saturated heterocycles. The van der Waals surface area contributed by atoms with Gasteiger partial charge in [-0.2, -0.15) is 0 Å². The SMILES string of the molecule is CCc1nnc(-c2cn(CC(=O)NC3CCCCC3)c3ccccc23)o1. The number of fused-ring (bicyclic) bond motifs is 1. The standard InChI is InChI=1S/C20H24N4O2/c1-2-19-22-23-20(26-19)16-12-24(17-11-7-6-10-15(16)17)13-18(25)21-14-8-4-3-5-9-14/h6-7,10-12,14H,2-5,8-9,13H2,1H3,(H,21,25). The summed E-state index contributed by atoms with van der Waals surface area (Å²) in [6.45, 7) is 2.28. The zero-order valence-electron chi connectivity index (χ0n) is 15.1.